The van der Waals surface area contributed by atoms with E-state index >= 15 is 0 Å². The molecule has 0 aliphatic carbocycles. The summed E-state index contributed by atoms with van der Waals surface area (Å²) in [6.45, 7) is -0.0777. The lowest BCUT2D eigenvalue weighted by molar-refractivity contribution is -0.127. The van der Waals surface area contributed by atoms with E-state index in [0.29, 0.717) is 17.1 Å². The summed E-state index contributed by atoms with van der Waals surface area (Å²) in [5, 5.41) is 0. The quantitative estimate of drug-likeness (QED) is 0.751. The van der Waals surface area contributed by atoms with Gasteiger partial charge in [-0.3, -0.25) is 4.79 Å². The van der Waals surface area contributed by atoms with Crippen molar-refractivity contribution < 1.29 is 27.4 Å². The monoisotopic (exact) mass is 284 g/mol. The van der Waals surface area contributed by atoms with Gasteiger partial charge >= 0.3 is 0 Å². The van der Waals surface area contributed by atoms with Gasteiger partial charge in [0.05, 0.1) is 24.0 Å². The normalized spacial score (nSPS) is 15.4. The minimum absolute atomic E-state index is 0.0323. The van der Waals surface area contributed by atoms with Crippen molar-refractivity contribution in [2.24, 2.45) is 0 Å². The third kappa shape index (κ3) is 2.17. The zero-order valence-corrected chi connectivity index (χ0v) is 11.2. The Hall–Kier alpha value is -2.02. The molecule has 102 valence electrons. The largest absolute Gasteiger partial charge is 0.493 e. The molecule has 0 unspecified atom stereocenters. The van der Waals surface area contributed by atoms with Crippen molar-refractivity contribution >= 4 is 22.4 Å². The van der Waals surface area contributed by atoms with Crippen LogP contribution in [0.3, 0.4) is 0 Å². The number of fused-ring (bicyclic) bond motifs is 1. The number of carbonyl (C=O) groups is 1. The topological polar surface area (TPSA) is 78.9 Å². The van der Waals surface area contributed by atoms with Crippen LogP contribution in [0.25, 0.3) is 6.08 Å². The molecule has 1 aromatic rings. The number of hydrogen-bond donors (Lipinski definition) is 0. The second-order valence-electron chi connectivity index (χ2n) is 3.77. The van der Waals surface area contributed by atoms with Crippen LogP contribution in [0.4, 0.5) is 0 Å². The number of rotatable bonds is 5. The number of benzene rings is 1. The van der Waals surface area contributed by atoms with Crippen LogP contribution in [0.2, 0.25) is 0 Å². The van der Waals surface area contributed by atoms with E-state index in [1.807, 2.05) is 0 Å². The number of methoxy groups -OCH3 is 2. The highest BCUT2D eigenvalue weighted by Crippen LogP contribution is 2.40. The third-order valence-corrected chi connectivity index (χ3v) is 4.62. The second kappa shape index (κ2) is 4.93. The molecule has 0 N–H and O–H groups in total. The molecule has 0 fully saturated rings. The van der Waals surface area contributed by atoms with Gasteiger partial charge in [0.25, 0.3) is 6.47 Å². The van der Waals surface area contributed by atoms with E-state index < -0.39 is 9.84 Å². The van der Waals surface area contributed by atoms with Crippen LogP contribution in [-0.2, 0) is 19.4 Å². The van der Waals surface area contributed by atoms with Gasteiger partial charge in [0.15, 0.2) is 11.5 Å². The van der Waals surface area contributed by atoms with Crippen LogP contribution in [0.15, 0.2) is 21.9 Å². The van der Waals surface area contributed by atoms with Crippen molar-refractivity contribution in [1.82, 2.24) is 0 Å². The first-order valence-corrected chi connectivity index (χ1v) is 6.80. The Morgan fingerprint density at radius 1 is 1.16 bits per heavy atom. The number of hydrogen-bond acceptors (Lipinski definition) is 6. The van der Waals surface area contributed by atoms with Gasteiger partial charge in [0.1, 0.15) is 6.61 Å². The molecule has 0 spiro atoms. The van der Waals surface area contributed by atoms with E-state index in [1.54, 1.807) is 6.07 Å². The van der Waals surface area contributed by atoms with Crippen LogP contribution in [0.1, 0.15) is 5.56 Å². The summed E-state index contributed by atoms with van der Waals surface area (Å²) in [7, 11) is -0.742. The fourth-order valence-electron chi connectivity index (χ4n) is 1.85. The predicted molar refractivity (Wildman–Crippen MR) is 66.7 cm³/mol. The van der Waals surface area contributed by atoms with Crippen molar-refractivity contribution in [2.45, 2.75) is 4.90 Å². The van der Waals surface area contributed by atoms with Crippen molar-refractivity contribution in [3.63, 3.8) is 0 Å². The molecule has 6 nitrogen and oxygen atoms in total. The summed E-state index contributed by atoms with van der Waals surface area (Å²) < 4.78 is 39.1. The van der Waals surface area contributed by atoms with Gasteiger partial charge in [-0.2, -0.15) is 0 Å². The first-order valence-electron chi connectivity index (χ1n) is 5.31. The van der Waals surface area contributed by atoms with E-state index in [2.05, 4.69) is 4.74 Å². The van der Waals surface area contributed by atoms with E-state index in [4.69, 9.17) is 9.47 Å². The summed E-state index contributed by atoms with van der Waals surface area (Å²) in [6, 6.07) is 2.97. The van der Waals surface area contributed by atoms with E-state index in [9.17, 15) is 13.2 Å². The lowest BCUT2D eigenvalue weighted by Crippen LogP contribution is -2.06. The Labute approximate surface area is 110 Å². The molecule has 0 saturated carbocycles. The van der Waals surface area contributed by atoms with Crippen molar-refractivity contribution in [3.8, 4) is 11.5 Å². The van der Waals surface area contributed by atoms with E-state index in [0.717, 1.165) is 0 Å². The first-order chi connectivity index (χ1) is 9.04. The molecule has 2 rings (SSSR count). The van der Waals surface area contributed by atoms with E-state index in [-0.39, 0.29) is 22.9 Å². The van der Waals surface area contributed by atoms with Gasteiger partial charge in [-0.05, 0) is 17.7 Å². The van der Waals surface area contributed by atoms with Crippen LogP contribution in [0.5, 0.6) is 11.5 Å². The molecule has 1 aliphatic heterocycles. The predicted octanol–water partition coefficient (Wildman–Crippen LogP) is 1.00. The van der Waals surface area contributed by atoms with Crippen LogP contribution >= 0.6 is 0 Å². The minimum atomic E-state index is -3.63. The van der Waals surface area contributed by atoms with Crippen molar-refractivity contribution in [1.29, 1.82) is 0 Å². The summed E-state index contributed by atoms with van der Waals surface area (Å²) in [6.07, 6.45) is 1.45. The average Bonchev–Trinajstić information content (AvgIpc) is 2.65. The Kier molecular flexibility index (Phi) is 3.48. The standard InChI is InChI=1S/C12H12O6S/c1-16-10-4-8-3-9(6-18-7-13)19(14,15)12(8)5-11(10)17-2/h3-5,7H,6H2,1-2H3. The molecule has 0 radical (unpaired) electrons. The molecule has 1 aromatic carbocycles. The molecular weight excluding hydrogens is 272 g/mol. The van der Waals surface area contributed by atoms with Gasteiger partial charge in [-0.1, -0.05) is 0 Å². The molecule has 19 heavy (non-hydrogen) atoms. The lowest BCUT2D eigenvalue weighted by Gasteiger charge is -2.09. The van der Waals surface area contributed by atoms with Gasteiger partial charge in [0.2, 0.25) is 9.84 Å². The molecule has 1 aliphatic rings. The molecule has 0 bridgehead atoms. The molecule has 0 saturated heterocycles. The SMILES string of the molecule is COc1cc2c(cc1OC)S(=O)(=O)C(COC=O)=C2. The molecular formula is C12H12O6S. The fraction of sp³-hybridized carbons (Fsp3) is 0.250. The summed E-state index contributed by atoms with van der Waals surface area (Å²) in [4.78, 5) is 10.3. The number of sulfone groups is 1. The molecule has 1 heterocycles. The van der Waals surface area contributed by atoms with Gasteiger partial charge in [-0.25, -0.2) is 8.42 Å². The van der Waals surface area contributed by atoms with Crippen LogP contribution in [-0.4, -0.2) is 35.7 Å². The Morgan fingerprint density at radius 3 is 2.37 bits per heavy atom. The first kappa shape index (κ1) is 13.4. The number of ether oxygens (including phenoxy) is 3. The molecule has 0 aromatic heterocycles. The Morgan fingerprint density at radius 2 is 1.79 bits per heavy atom. The van der Waals surface area contributed by atoms with E-state index in [1.165, 1.54) is 26.4 Å². The minimum Gasteiger partial charge on any atom is -0.493 e. The number of carbonyl (C=O) groups excluding carboxylic acids is 1. The maximum Gasteiger partial charge on any atom is 0.293 e. The van der Waals surface area contributed by atoms with Crippen LogP contribution in [0, 0.1) is 0 Å². The Balaban J connectivity index is 2.53. The van der Waals surface area contributed by atoms with Crippen molar-refractivity contribution in [2.75, 3.05) is 20.8 Å². The van der Waals surface area contributed by atoms with Crippen LogP contribution < -0.4 is 9.47 Å². The zero-order chi connectivity index (χ0) is 14.0. The smallest absolute Gasteiger partial charge is 0.293 e. The lowest BCUT2D eigenvalue weighted by atomic mass is 10.2. The maximum atomic E-state index is 12.2. The fourth-order valence-corrected chi connectivity index (χ4v) is 3.33. The molecule has 0 atom stereocenters. The average molecular weight is 284 g/mol. The molecule has 7 heteroatoms. The van der Waals surface area contributed by atoms with Gasteiger partial charge in [0, 0.05) is 6.07 Å². The van der Waals surface area contributed by atoms with Crippen molar-refractivity contribution in [3.05, 3.63) is 22.6 Å². The second-order valence-corrected chi connectivity index (χ2v) is 5.74. The summed E-state index contributed by atoms with van der Waals surface area (Å²) in [5.74, 6) is 0.765. The highest BCUT2D eigenvalue weighted by atomic mass is 32.2. The summed E-state index contributed by atoms with van der Waals surface area (Å²) in [5.41, 5.74) is 0.488. The summed E-state index contributed by atoms with van der Waals surface area (Å²) >= 11 is 0. The maximum absolute atomic E-state index is 12.2. The highest BCUT2D eigenvalue weighted by molar-refractivity contribution is 7.95. The zero-order valence-electron chi connectivity index (χ0n) is 10.4. The molecule has 0 amide bonds. The highest BCUT2D eigenvalue weighted by Gasteiger charge is 2.31. The third-order valence-electron chi connectivity index (χ3n) is 2.76. The van der Waals surface area contributed by atoms with Gasteiger partial charge < -0.3 is 14.2 Å². The van der Waals surface area contributed by atoms with Gasteiger partial charge in [-0.15, -0.1) is 0 Å². The Bertz CT molecular complexity index is 644.